The summed E-state index contributed by atoms with van der Waals surface area (Å²) >= 11 is 0. The van der Waals surface area contributed by atoms with Gasteiger partial charge in [-0.05, 0) is 98.0 Å². The van der Waals surface area contributed by atoms with E-state index in [9.17, 15) is 18.4 Å². The van der Waals surface area contributed by atoms with Gasteiger partial charge in [0.15, 0.2) is 5.78 Å². The number of Topliss-reactive ketones (excluding diaryl/α,β-unsaturated/α-hetero) is 1. The zero-order valence-electron chi connectivity index (χ0n) is 19.2. The van der Waals surface area contributed by atoms with Gasteiger partial charge in [-0.2, -0.15) is 0 Å². The average molecular weight is 477 g/mol. The van der Waals surface area contributed by atoms with Crippen LogP contribution in [0.1, 0.15) is 51.5 Å². The Morgan fingerprint density at radius 1 is 0.971 bits per heavy atom. The van der Waals surface area contributed by atoms with Crippen LogP contribution in [0.3, 0.4) is 0 Å². The van der Waals surface area contributed by atoms with Gasteiger partial charge in [-0.25, -0.2) is 8.78 Å². The molecular formula is C27H24F2NO3Si. The highest BCUT2D eigenvalue weighted by atomic mass is 28.2. The molecule has 3 aromatic rings. The zero-order chi connectivity index (χ0) is 24.6. The van der Waals surface area contributed by atoms with Crippen molar-refractivity contribution in [3.8, 4) is 5.75 Å². The number of hydrogen-bond acceptors (Lipinski definition) is 3. The van der Waals surface area contributed by atoms with E-state index in [0.29, 0.717) is 17.7 Å². The number of halogens is 2. The lowest BCUT2D eigenvalue weighted by Crippen LogP contribution is -2.55. The van der Waals surface area contributed by atoms with Gasteiger partial charge in [0.1, 0.15) is 17.4 Å². The molecule has 34 heavy (non-hydrogen) atoms. The summed E-state index contributed by atoms with van der Waals surface area (Å²) in [6.45, 7) is 5.86. The number of anilines is 1. The average Bonchev–Trinajstić information content (AvgIpc) is 2.82. The van der Waals surface area contributed by atoms with Crippen molar-refractivity contribution in [3.05, 3.63) is 94.0 Å². The standard InChI is InChI=1S/C27H24F2NO3Si/c1-15-14-23(16(2)17(3)26(15)33-34)25-22(12-13-24(31)18-4-6-19(28)7-5-18)27(32)30(25)21-10-8-20(29)9-11-21/h4-11,14,22,25H,12-13H2,1-3H3/t22-,25+/m1/s1. The molecule has 0 aliphatic carbocycles. The Bertz CT molecular complexity index is 1240. The lowest BCUT2D eigenvalue weighted by Gasteiger charge is -2.48. The van der Waals surface area contributed by atoms with Gasteiger partial charge in [0.25, 0.3) is 0 Å². The van der Waals surface area contributed by atoms with Crippen LogP contribution in [0.4, 0.5) is 14.5 Å². The maximum Gasteiger partial charge on any atom is 0.341 e. The first kappa shape index (κ1) is 23.8. The van der Waals surface area contributed by atoms with Crippen LogP contribution in [-0.2, 0) is 4.79 Å². The largest absolute Gasteiger partial charge is 0.540 e. The van der Waals surface area contributed by atoms with Crippen LogP contribution in [0.5, 0.6) is 5.75 Å². The molecule has 0 aromatic heterocycles. The van der Waals surface area contributed by atoms with E-state index in [2.05, 4.69) is 10.5 Å². The van der Waals surface area contributed by atoms with Gasteiger partial charge in [-0.3, -0.25) is 9.59 Å². The smallest absolute Gasteiger partial charge is 0.341 e. The minimum atomic E-state index is -0.415. The number of amides is 1. The Hall–Kier alpha value is -3.32. The molecule has 173 valence electrons. The predicted molar refractivity (Wildman–Crippen MR) is 127 cm³/mol. The lowest BCUT2D eigenvalue weighted by atomic mass is 9.76. The van der Waals surface area contributed by atoms with Crippen molar-refractivity contribution in [1.29, 1.82) is 0 Å². The van der Waals surface area contributed by atoms with Crippen molar-refractivity contribution in [2.45, 2.75) is 39.7 Å². The molecule has 1 heterocycles. The van der Waals surface area contributed by atoms with Crippen LogP contribution < -0.4 is 9.33 Å². The van der Waals surface area contributed by atoms with E-state index in [-0.39, 0.29) is 30.0 Å². The summed E-state index contributed by atoms with van der Waals surface area (Å²) < 4.78 is 32.1. The van der Waals surface area contributed by atoms with Crippen LogP contribution in [0.25, 0.3) is 0 Å². The Labute approximate surface area is 201 Å². The molecule has 1 aliphatic rings. The number of carbonyl (C=O) groups excluding carboxylic acids is 2. The predicted octanol–water partition coefficient (Wildman–Crippen LogP) is 5.72. The normalized spacial score (nSPS) is 17.5. The Morgan fingerprint density at radius 2 is 1.56 bits per heavy atom. The fraction of sp³-hybridized carbons (Fsp3) is 0.259. The molecule has 0 unspecified atom stereocenters. The van der Waals surface area contributed by atoms with Crippen molar-refractivity contribution in [2.75, 3.05) is 4.90 Å². The van der Waals surface area contributed by atoms with Gasteiger partial charge in [0.05, 0.1) is 12.0 Å². The van der Waals surface area contributed by atoms with Gasteiger partial charge in [0.2, 0.25) is 5.91 Å². The van der Waals surface area contributed by atoms with Crippen LogP contribution in [0, 0.1) is 38.3 Å². The summed E-state index contributed by atoms with van der Waals surface area (Å²) in [5, 5.41) is 0. The van der Waals surface area contributed by atoms with Crippen molar-refractivity contribution < 1.29 is 22.8 Å². The summed E-state index contributed by atoms with van der Waals surface area (Å²) in [5.74, 6) is -0.728. The molecule has 1 amide bonds. The Kier molecular flexibility index (Phi) is 6.66. The number of carbonyl (C=O) groups is 2. The summed E-state index contributed by atoms with van der Waals surface area (Å²) in [4.78, 5) is 27.6. The summed E-state index contributed by atoms with van der Waals surface area (Å²) in [6.07, 6.45) is 0.514. The quantitative estimate of drug-likeness (QED) is 0.249. The fourth-order valence-electron chi connectivity index (χ4n) is 4.70. The lowest BCUT2D eigenvalue weighted by molar-refractivity contribution is -0.130. The topological polar surface area (TPSA) is 46.6 Å². The zero-order valence-corrected chi connectivity index (χ0v) is 20.2. The van der Waals surface area contributed by atoms with Gasteiger partial charge in [0, 0.05) is 17.7 Å². The molecule has 7 heteroatoms. The van der Waals surface area contributed by atoms with E-state index >= 15 is 0 Å². The number of hydrogen-bond donors (Lipinski definition) is 0. The molecule has 1 aliphatic heterocycles. The second-order valence-electron chi connectivity index (χ2n) is 8.67. The molecule has 4 rings (SSSR count). The number of rotatable bonds is 7. The molecule has 3 aromatic carbocycles. The van der Waals surface area contributed by atoms with Crippen LogP contribution in [0.15, 0.2) is 54.6 Å². The number of benzene rings is 3. The maximum absolute atomic E-state index is 13.5. The summed E-state index contributed by atoms with van der Waals surface area (Å²) in [6, 6.07) is 12.9. The minimum absolute atomic E-state index is 0.112. The first-order valence-electron chi connectivity index (χ1n) is 11.0. The van der Waals surface area contributed by atoms with E-state index in [1.807, 2.05) is 26.8 Å². The molecule has 0 saturated carbocycles. The molecule has 0 bridgehead atoms. The van der Waals surface area contributed by atoms with Gasteiger partial charge in [-0.1, -0.05) is 6.07 Å². The van der Waals surface area contributed by atoms with Crippen LogP contribution >= 0.6 is 0 Å². The van der Waals surface area contributed by atoms with Crippen LogP contribution in [-0.4, -0.2) is 22.2 Å². The molecule has 2 atom stereocenters. The number of β-lactam (4-membered cyclic amide) rings is 1. The second-order valence-corrected chi connectivity index (χ2v) is 8.87. The van der Waals surface area contributed by atoms with E-state index in [0.717, 1.165) is 28.0 Å². The summed E-state index contributed by atoms with van der Waals surface area (Å²) in [7, 11) is 3.12. The maximum atomic E-state index is 13.5. The number of ketones is 1. The van der Waals surface area contributed by atoms with E-state index < -0.39 is 11.7 Å². The van der Waals surface area contributed by atoms with E-state index in [4.69, 9.17) is 4.43 Å². The number of aryl methyl sites for hydroxylation is 1. The third-order valence-corrected chi connectivity index (χ3v) is 6.86. The van der Waals surface area contributed by atoms with Crippen molar-refractivity contribution in [2.24, 2.45) is 5.92 Å². The molecule has 1 fully saturated rings. The first-order valence-corrected chi connectivity index (χ1v) is 11.5. The molecule has 4 nitrogen and oxygen atoms in total. The molecule has 3 radical (unpaired) electrons. The summed E-state index contributed by atoms with van der Waals surface area (Å²) in [5.41, 5.74) is 4.83. The fourth-order valence-corrected chi connectivity index (χ4v) is 5.01. The highest BCUT2D eigenvalue weighted by molar-refractivity contribution is 6.04. The molecule has 1 saturated heterocycles. The van der Waals surface area contributed by atoms with Gasteiger partial charge in [-0.15, -0.1) is 0 Å². The molecular weight excluding hydrogens is 452 g/mol. The van der Waals surface area contributed by atoms with Crippen LogP contribution in [0.2, 0.25) is 0 Å². The Balaban J connectivity index is 1.67. The van der Waals surface area contributed by atoms with Gasteiger partial charge >= 0.3 is 10.5 Å². The van der Waals surface area contributed by atoms with E-state index in [1.54, 1.807) is 17.0 Å². The highest BCUT2D eigenvalue weighted by Gasteiger charge is 2.49. The van der Waals surface area contributed by atoms with Crippen molar-refractivity contribution in [1.82, 2.24) is 0 Å². The number of nitrogens with zero attached hydrogens (tertiary/aromatic N) is 1. The Morgan fingerprint density at radius 3 is 2.15 bits per heavy atom. The minimum Gasteiger partial charge on any atom is -0.540 e. The van der Waals surface area contributed by atoms with Crippen molar-refractivity contribution >= 4 is 27.9 Å². The second kappa shape index (κ2) is 9.50. The van der Waals surface area contributed by atoms with Crippen molar-refractivity contribution in [3.63, 3.8) is 0 Å². The highest BCUT2D eigenvalue weighted by Crippen LogP contribution is 2.48. The molecule has 0 N–H and O–H groups in total. The third-order valence-electron chi connectivity index (χ3n) is 6.65. The van der Waals surface area contributed by atoms with Gasteiger partial charge < -0.3 is 9.33 Å². The monoisotopic (exact) mass is 476 g/mol. The third kappa shape index (κ3) is 4.28. The van der Waals surface area contributed by atoms with E-state index in [1.165, 1.54) is 36.4 Å². The molecule has 0 spiro atoms. The first-order chi connectivity index (χ1) is 16.2. The SMILES string of the molecule is Cc1cc([C@@H]2[C@@H](CCC(=O)c3ccc(F)cc3)C(=O)N2c2ccc(F)cc2)c(C)c(C)c1O[Si].